The minimum absolute atomic E-state index is 0.0987. The summed E-state index contributed by atoms with van der Waals surface area (Å²) >= 11 is 0. The number of aryl methyl sites for hydroxylation is 2. The molecule has 3 rings (SSSR count). The summed E-state index contributed by atoms with van der Waals surface area (Å²) in [4.78, 5) is 19.9. The van der Waals surface area contributed by atoms with Crippen LogP contribution in [0.5, 0.6) is 0 Å². The lowest BCUT2D eigenvalue weighted by atomic mass is 10.2. The Bertz CT molecular complexity index is 731. The molecule has 0 bridgehead atoms. The van der Waals surface area contributed by atoms with Gasteiger partial charge in [0.1, 0.15) is 6.17 Å². The molecule has 2 aromatic rings. The zero-order valence-electron chi connectivity index (χ0n) is 14.5. The van der Waals surface area contributed by atoms with Crippen molar-refractivity contribution in [3.8, 4) is 0 Å². The Morgan fingerprint density at radius 3 is 3.00 bits per heavy atom. The van der Waals surface area contributed by atoms with Crippen molar-refractivity contribution in [3.63, 3.8) is 0 Å². The number of urea groups is 1. The van der Waals surface area contributed by atoms with Crippen molar-refractivity contribution in [1.29, 1.82) is 0 Å². The first-order valence-electron chi connectivity index (χ1n) is 8.09. The number of likely N-dealkylation sites (tertiary alicyclic amines) is 1. The van der Waals surface area contributed by atoms with Gasteiger partial charge in [0.25, 0.3) is 0 Å². The maximum Gasteiger partial charge on any atom is 0.321 e. The average Bonchev–Trinajstić information content (AvgIpc) is 3.22. The van der Waals surface area contributed by atoms with Crippen LogP contribution in [0.25, 0.3) is 0 Å². The Hall–Kier alpha value is -2.49. The van der Waals surface area contributed by atoms with Gasteiger partial charge in [0.15, 0.2) is 5.82 Å². The van der Waals surface area contributed by atoms with Gasteiger partial charge in [-0.25, -0.2) is 9.18 Å². The first kappa shape index (κ1) is 17.3. The molecule has 2 amide bonds. The summed E-state index contributed by atoms with van der Waals surface area (Å²) in [6.07, 6.45) is 2.74. The van der Waals surface area contributed by atoms with Gasteiger partial charge in [-0.2, -0.15) is 10.1 Å². The number of amides is 2. The maximum absolute atomic E-state index is 13.9. The van der Waals surface area contributed by atoms with Crippen LogP contribution in [0.2, 0.25) is 0 Å². The smallest absolute Gasteiger partial charge is 0.321 e. The van der Waals surface area contributed by atoms with Gasteiger partial charge in [0.2, 0.25) is 5.89 Å². The van der Waals surface area contributed by atoms with E-state index >= 15 is 0 Å². The lowest BCUT2D eigenvalue weighted by Gasteiger charge is -2.27. The van der Waals surface area contributed by atoms with E-state index in [4.69, 9.17) is 4.52 Å². The SMILES string of the molecule is Cc1nc(CN2C[C@@H](F)C[C@H]2CN(C)C(=O)Nc2cnn(C)c2)no1. The Kier molecular flexibility index (Phi) is 4.98. The van der Waals surface area contributed by atoms with E-state index in [2.05, 4.69) is 20.6 Å². The predicted molar refractivity (Wildman–Crippen MR) is 87.6 cm³/mol. The molecule has 0 spiro atoms. The summed E-state index contributed by atoms with van der Waals surface area (Å²) in [7, 11) is 3.46. The van der Waals surface area contributed by atoms with E-state index in [0.717, 1.165) is 0 Å². The largest absolute Gasteiger partial charge is 0.340 e. The van der Waals surface area contributed by atoms with Crippen molar-refractivity contribution in [2.75, 3.05) is 25.5 Å². The number of nitrogens with one attached hydrogen (secondary N) is 1. The second-order valence-corrected chi connectivity index (χ2v) is 6.36. The van der Waals surface area contributed by atoms with Crippen LogP contribution in [0.4, 0.5) is 14.9 Å². The van der Waals surface area contributed by atoms with Crippen LogP contribution in [0.15, 0.2) is 16.9 Å². The molecule has 136 valence electrons. The van der Waals surface area contributed by atoms with E-state index in [0.29, 0.717) is 43.5 Å². The first-order chi connectivity index (χ1) is 11.9. The number of anilines is 1. The van der Waals surface area contributed by atoms with E-state index in [1.54, 1.807) is 43.0 Å². The molecule has 1 saturated heterocycles. The minimum Gasteiger partial charge on any atom is -0.340 e. The molecule has 2 aromatic heterocycles. The zero-order chi connectivity index (χ0) is 18.0. The molecule has 0 unspecified atom stereocenters. The van der Waals surface area contributed by atoms with Gasteiger partial charge in [-0.15, -0.1) is 0 Å². The van der Waals surface area contributed by atoms with Gasteiger partial charge >= 0.3 is 6.03 Å². The second-order valence-electron chi connectivity index (χ2n) is 6.36. The summed E-state index contributed by atoms with van der Waals surface area (Å²) in [6, 6.07) is -0.357. The third-order valence-electron chi connectivity index (χ3n) is 4.18. The van der Waals surface area contributed by atoms with Crippen molar-refractivity contribution in [2.24, 2.45) is 7.05 Å². The highest BCUT2D eigenvalue weighted by atomic mass is 19.1. The Labute approximate surface area is 144 Å². The average molecular weight is 351 g/mol. The number of nitrogens with zero attached hydrogens (tertiary/aromatic N) is 6. The fourth-order valence-electron chi connectivity index (χ4n) is 3.00. The van der Waals surface area contributed by atoms with Gasteiger partial charge in [-0.3, -0.25) is 9.58 Å². The summed E-state index contributed by atoms with van der Waals surface area (Å²) < 4.78 is 20.5. The molecule has 9 nitrogen and oxygen atoms in total. The number of likely N-dealkylation sites (N-methyl/N-ethyl adjacent to an activating group) is 1. The quantitative estimate of drug-likeness (QED) is 0.870. The molecule has 0 radical (unpaired) electrons. The number of aromatic nitrogens is 4. The first-order valence-corrected chi connectivity index (χ1v) is 8.09. The van der Waals surface area contributed by atoms with Crippen LogP contribution >= 0.6 is 0 Å². The molecule has 10 heteroatoms. The van der Waals surface area contributed by atoms with Gasteiger partial charge in [0.05, 0.1) is 18.4 Å². The molecule has 1 fully saturated rings. The van der Waals surface area contributed by atoms with Crippen LogP contribution in [-0.2, 0) is 13.6 Å². The molecule has 25 heavy (non-hydrogen) atoms. The summed E-state index contributed by atoms with van der Waals surface area (Å²) in [5, 5.41) is 10.6. The zero-order valence-corrected chi connectivity index (χ0v) is 14.5. The van der Waals surface area contributed by atoms with Gasteiger partial charge in [-0.1, -0.05) is 5.16 Å². The third-order valence-corrected chi connectivity index (χ3v) is 4.18. The lowest BCUT2D eigenvalue weighted by Crippen LogP contribution is -2.42. The fourth-order valence-corrected chi connectivity index (χ4v) is 3.00. The van der Waals surface area contributed by atoms with Gasteiger partial charge < -0.3 is 14.7 Å². The lowest BCUT2D eigenvalue weighted by molar-refractivity contribution is 0.179. The number of carbonyl (C=O) groups is 1. The summed E-state index contributed by atoms with van der Waals surface area (Å²) in [5.74, 6) is 1.01. The number of rotatable bonds is 5. The highest BCUT2D eigenvalue weighted by Crippen LogP contribution is 2.23. The number of hydrogen-bond acceptors (Lipinski definition) is 6. The molecule has 0 aromatic carbocycles. The number of carbonyl (C=O) groups excluding carboxylic acids is 1. The van der Waals surface area contributed by atoms with E-state index < -0.39 is 6.17 Å². The normalized spacial score (nSPS) is 20.8. The monoisotopic (exact) mass is 351 g/mol. The highest BCUT2D eigenvalue weighted by Gasteiger charge is 2.34. The van der Waals surface area contributed by atoms with Crippen LogP contribution in [0.3, 0.4) is 0 Å². The molecular weight excluding hydrogens is 329 g/mol. The topological polar surface area (TPSA) is 92.3 Å². The number of hydrogen-bond donors (Lipinski definition) is 1. The standard InChI is InChI=1S/C15H22FN7O2/c1-10-18-14(20-25-10)9-23-6-11(16)4-13(23)8-21(2)15(24)19-12-5-17-22(3)7-12/h5,7,11,13H,4,6,8-9H2,1-3H3,(H,19,24)/t11-,13-/m0/s1. The van der Waals surface area contributed by atoms with Gasteiger partial charge in [0, 0.05) is 46.3 Å². The predicted octanol–water partition coefficient (Wildman–Crippen LogP) is 1.19. The van der Waals surface area contributed by atoms with Crippen molar-refractivity contribution in [2.45, 2.75) is 32.1 Å². The summed E-state index contributed by atoms with van der Waals surface area (Å²) in [5.41, 5.74) is 0.619. The minimum atomic E-state index is -0.923. The Morgan fingerprint density at radius 1 is 1.56 bits per heavy atom. The van der Waals surface area contributed by atoms with Crippen molar-refractivity contribution in [3.05, 3.63) is 24.1 Å². The molecule has 1 N–H and O–H groups in total. The number of halogens is 1. The molecule has 0 saturated carbocycles. The van der Waals surface area contributed by atoms with E-state index in [1.807, 2.05) is 4.90 Å². The van der Waals surface area contributed by atoms with Crippen molar-refractivity contribution in [1.82, 2.24) is 29.7 Å². The molecule has 3 heterocycles. The molecule has 2 atom stereocenters. The third kappa shape index (κ3) is 4.32. The fraction of sp³-hybridized carbons (Fsp3) is 0.600. The van der Waals surface area contributed by atoms with Crippen LogP contribution in [0, 0.1) is 6.92 Å². The highest BCUT2D eigenvalue weighted by molar-refractivity contribution is 5.88. The van der Waals surface area contributed by atoms with E-state index in [1.165, 1.54) is 0 Å². The Morgan fingerprint density at radius 2 is 2.36 bits per heavy atom. The van der Waals surface area contributed by atoms with E-state index in [-0.39, 0.29) is 12.1 Å². The molecule has 1 aliphatic heterocycles. The van der Waals surface area contributed by atoms with Crippen LogP contribution in [0.1, 0.15) is 18.1 Å². The van der Waals surface area contributed by atoms with E-state index in [9.17, 15) is 9.18 Å². The maximum atomic E-state index is 13.9. The number of alkyl halides is 1. The van der Waals surface area contributed by atoms with Gasteiger partial charge in [-0.05, 0) is 6.42 Å². The van der Waals surface area contributed by atoms with Crippen molar-refractivity contribution < 1.29 is 13.7 Å². The molecule has 0 aliphatic carbocycles. The van der Waals surface area contributed by atoms with Crippen LogP contribution < -0.4 is 5.32 Å². The van der Waals surface area contributed by atoms with Crippen LogP contribution in [-0.4, -0.2) is 68.1 Å². The molecule has 1 aliphatic rings. The molecular formula is C15H22FN7O2. The van der Waals surface area contributed by atoms with Crippen molar-refractivity contribution >= 4 is 11.7 Å². The Balaban J connectivity index is 1.58. The second kappa shape index (κ2) is 7.18. The summed E-state index contributed by atoms with van der Waals surface area (Å²) in [6.45, 7) is 2.83.